The van der Waals surface area contributed by atoms with E-state index in [1.54, 1.807) is 12.1 Å². The molecular weight excluding hydrogens is 420 g/mol. The van der Waals surface area contributed by atoms with Crippen LogP contribution in [0.15, 0.2) is 12.1 Å². The van der Waals surface area contributed by atoms with Crippen LogP contribution < -0.4 is 9.47 Å². The molecule has 2 N–H and O–H groups in total. The number of phenols is 1. The minimum Gasteiger partial charge on any atom is -0.504 e. The number of hydrogen-bond acceptors (Lipinski definition) is 6. The van der Waals surface area contributed by atoms with E-state index >= 15 is 0 Å². The summed E-state index contributed by atoms with van der Waals surface area (Å²) in [6.45, 7) is 9.61. The zero-order valence-electron chi connectivity index (χ0n) is 18.8. The van der Waals surface area contributed by atoms with Crippen LogP contribution in [0.5, 0.6) is 23.0 Å². The zero-order chi connectivity index (χ0) is 23.1. The van der Waals surface area contributed by atoms with Crippen LogP contribution in [0.25, 0.3) is 0 Å². The lowest BCUT2D eigenvalue weighted by Gasteiger charge is -2.27. The molecular formula is C24H29ClO6. The van der Waals surface area contributed by atoms with Crippen LogP contribution in [0.3, 0.4) is 0 Å². The van der Waals surface area contributed by atoms with Crippen molar-refractivity contribution in [2.45, 2.75) is 60.2 Å². The highest BCUT2D eigenvalue weighted by Crippen LogP contribution is 2.48. The Morgan fingerprint density at radius 1 is 1.29 bits per heavy atom. The minimum absolute atomic E-state index is 0.0286. The molecule has 1 aliphatic rings. The Kier molecular flexibility index (Phi) is 6.44. The maximum atomic E-state index is 12.9. The molecule has 0 saturated heterocycles. The summed E-state index contributed by atoms with van der Waals surface area (Å²) in [6, 6.07) is 3.24. The van der Waals surface area contributed by atoms with E-state index < -0.39 is 12.1 Å². The number of halogens is 1. The highest BCUT2D eigenvalue weighted by Gasteiger charge is 2.32. The molecule has 1 unspecified atom stereocenters. The predicted octanol–water partition coefficient (Wildman–Crippen LogP) is 5.86. The van der Waals surface area contributed by atoms with Gasteiger partial charge < -0.3 is 24.4 Å². The molecule has 168 valence electrons. The molecule has 0 bridgehead atoms. The number of aromatic hydroxyl groups is 1. The van der Waals surface area contributed by atoms with Gasteiger partial charge in [0.05, 0.1) is 23.8 Å². The van der Waals surface area contributed by atoms with Gasteiger partial charge in [0, 0.05) is 11.1 Å². The van der Waals surface area contributed by atoms with Gasteiger partial charge in [0.15, 0.2) is 11.5 Å². The SMILES string of the molecule is CCc1c(C)c(Cl)c2c(c1O)Oc1ccc(C(O)CC(C)(C)C)c(OC)c1C(=O)OC2. The van der Waals surface area contributed by atoms with Gasteiger partial charge >= 0.3 is 5.97 Å². The van der Waals surface area contributed by atoms with Crippen molar-refractivity contribution >= 4 is 17.6 Å². The number of carbonyl (C=O) groups excluding carboxylic acids is 1. The predicted molar refractivity (Wildman–Crippen MR) is 118 cm³/mol. The van der Waals surface area contributed by atoms with Crippen LogP contribution in [-0.4, -0.2) is 23.3 Å². The maximum Gasteiger partial charge on any atom is 0.346 e. The summed E-state index contributed by atoms with van der Waals surface area (Å²) in [5.74, 6) is -0.177. The van der Waals surface area contributed by atoms with E-state index in [-0.39, 0.29) is 40.6 Å². The molecule has 0 radical (unpaired) electrons. The molecule has 0 saturated carbocycles. The normalized spacial score (nSPS) is 14.5. The van der Waals surface area contributed by atoms with E-state index in [0.29, 0.717) is 34.6 Å². The lowest BCUT2D eigenvalue weighted by atomic mass is 9.86. The van der Waals surface area contributed by atoms with E-state index in [1.165, 1.54) is 7.11 Å². The Morgan fingerprint density at radius 3 is 2.55 bits per heavy atom. The Morgan fingerprint density at radius 2 is 1.97 bits per heavy atom. The summed E-state index contributed by atoms with van der Waals surface area (Å²) in [5.41, 5.74) is 2.19. The van der Waals surface area contributed by atoms with Gasteiger partial charge in [-0.2, -0.15) is 0 Å². The quantitative estimate of drug-likeness (QED) is 0.570. The van der Waals surface area contributed by atoms with Crippen LogP contribution in [0.1, 0.15) is 72.8 Å². The first-order valence-electron chi connectivity index (χ1n) is 10.3. The molecule has 1 atom stereocenters. The van der Waals surface area contributed by atoms with Crippen molar-refractivity contribution in [2.24, 2.45) is 5.41 Å². The molecule has 6 nitrogen and oxygen atoms in total. The number of carbonyl (C=O) groups is 1. The standard InChI is InChI=1S/C24H29ClO6/c1-7-13-12(2)19(25)15-11-30-23(28)18-17(31-22(15)20(13)27)9-8-14(21(18)29-6)16(26)10-24(3,4)5/h8-9,16,26-27H,7,10-11H2,1-6H3. The lowest BCUT2D eigenvalue weighted by molar-refractivity contribution is 0.0453. The third-order valence-electron chi connectivity index (χ3n) is 5.46. The number of ether oxygens (including phenoxy) is 3. The number of aliphatic hydroxyl groups excluding tert-OH is 1. The Labute approximate surface area is 187 Å². The maximum absolute atomic E-state index is 12.9. The second-order valence-electron chi connectivity index (χ2n) is 8.95. The molecule has 0 spiro atoms. The van der Waals surface area contributed by atoms with E-state index in [2.05, 4.69) is 0 Å². The van der Waals surface area contributed by atoms with Gasteiger partial charge in [0.1, 0.15) is 23.7 Å². The summed E-state index contributed by atoms with van der Waals surface area (Å²) < 4.78 is 17.1. The van der Waals surface area contributed by atoms with Crippen molar-refractivity contribution in [3.8, 4) is 23.0 Å². The second kappa shape index (κ2) is 8.60. The summed E-state index contributed by atoms with van der Waals surface area (Å²) in [5, 5.41) is 22.0. The highest BCUT2D eigenvalue weighted by molar-refractivity contribution is 6.32. The summed E-state index contributed by atoms with van der Waals surface area (Å²) >= 11 is 6.51. The monoisotopic (exact) mass is 448 g/mol. The van der Waals surface area contributed by atoms with Gasteiger partial charge in [0.2, 0.25) is 0 Å². The van der Waals surface area contributed by atoms with E-state index in [1.807, 2.05) is 34.6 Å². The fourth-order valence-electron chi connectivity index (χ4n) is 3.94. The topological polar surface area (TPSA) is 85.2 Å². The van der Waals surface area contributed by atoms with Crippen molar-refractivity contribution in [1.29, 1.82) is 0 Å². The van der Waals surface area contributed by atoms with Crippen LogP contribution in [-0.2, 0) is 17.8 Å². The molecule has 0 aromatic heterocycles. The second-order valence-corrected chi connectivity index (χ2v) is 9.33. The van der Waals surface area contributed by atoms with Crippen molar-refractivity contribution in [3.63, 3.8) is 0 Å². The van der Waals surface area contributed by atoms with Crippen LogP contribution in [0.4, 0.5) is 0 Å². The molecule has 0 fully saturated rings. The lowest BCUT2D eigenvalue weighted by Crippen LogP contribution is -2.17. The minimum atomic E-state index is -0.844. The van der Waals surface area contributed by atoms with Gasteiger partial charge in [-0.1, -0.05) is 39.3 Å². The largest absolute Gasteiger partial charge is 0.504 e. The molecule has 2 aromatic rings. The first-order chi connectivity index (χ1) is 14.5. The number of cyclic esters (lactones) is 1. The van der Waals surface area contributed by atoms with Gasteiger partial charge in [-0.15, -0.1) is 0 Å². The number of benzene rings is 2. The molecule has 0 aliphatic carbocycles. The van der Waals surface area contributed by atoms with Gasteiger partial charge in [0.25, 0.3) is 0 Å². The van der Waals surface area contributed by atoms with Crippen LogP contribution in [0, 0.1) is 12.3 Å². The third-order valence-corrected chi connectivity index (χ3v) is 5.97. The highest BCUT2D eigenvalue weighted by atomic mass is 35.5. The van der Waals surface area contributed by atoms with Gasteiger partial charge in [-0.3, -0.25) is 0 Å². The number of phenolic OH excluding ortho intramolecular Hbond substituents is 1. The van der Waals surface area contributed by atoms with Crippen molar-refractivity contribution in [3.05, 3.63) is 45.0 Å². The Balaban J connectivity index is 2.19. The molecule has 31 heavy (non-hydrogen) atoms. The number of aliphatic hydroxyl groups is 1. The summed E-state index contributed by atoms with van der Waals surface area (Å²) in [6.07, 6.45) is 0.182. The van der Waals surface area contributed by atoms with Crippen LogP contribution in [0.2, 0.25) is 5.02 Å². The van der Waals surface area contributed by atoms with Crippen molar-refractivity contribution in [2.75, 3.05) is 7.11 Å². The number of esters is 1. The van der Waals surface area contributed by atoms with Crippen molar-refractivity contribution < 1.29 is 29.2 Å². The van der Waals surface area contributed by atoms with Crippen LogP contribution >= 0.6 is 11.6 Å². The van der Waals surface area contributed by atoms with Gasteiger partial charge in [-0.05, 0) is 42.9 Å². The molecule has 7 heteroatoms. The average Bonchev–Trinajstić information content (AvgIpc) is 2.68. The molecule has 0 amide bonds. The number of methoxy groups -OCH3 is 1. The molecule has 1 aliphatic heterocycles. The first-order valence-corrected chi connectivity index (χ1v) is 10.6. The molecule has 2 aromatic carbocycles. The number of fused-ring (bicyclic) bond motifs is 2. The van der Waals surface area contributed by atoms with E-state index in [4.69, 9.17) is 25.8 Å². The Hall–Kier alpha value is -2.44. The van der Waals surface area contributed by atoms with Crippen molar-refractivity contribution in [1.82, 2.24) is 0 Å². The van der Waals surface area contributed by atoms with E-state index in [9.17, 15) is 15.0 Å². The number of hydrogen-bond donors (Lipinski definition) is 2. The smallest absolute Gasteiger partial charge is 0.346 e. The third kappa shape index (κ3) is 4.32. The molecule has 3 rings (SSSR count). The fourth-order valence-corrected chi connectivity index (χ4v) is 4.19. The van der Waals surface area contributed by atoms with E-state index in [0.717, 1.165) is 5.56 Å². The summed E-state index contributed by atoms with van der Waals surface area (Å²) in [7, 11) is 1.43. The van der Waals surface area contributed by atoms with Gasteiger partial charge in [-0.25, -0.2) is 4.79 Å². The Bertz CT molecular complexity index is 1020. The first kappa shape index (κ1) is 23.2. The molecule has 1 heterocycles. The summed E-state index contributed by atoms with van der Waals surface area (Å²) in [4.78, 5) is 12.9. The fraction of sp³-hybridized carbons (Fsp3) is 0.458. The zero-order valence-corrected chi connectivity index (χ0v) is 19.5. The average molecular weight is 449 g/mol. The number of rotatable bonds is 4.